The summed E-state index contributed by atoms with van der Waals surface area (Å²) in [6.45, 7) is 9.31. The van der Waals surface area contributed by atoms with Crippen LogP contribution < -0.4 is 9.64 Å². The highest BCUT2D eigenvalue weighted by Crippen LogP contribution is 2.58. The van der Waals surface area contributed by atoms with Crippen LogP contribution in [0, 0.1) is 18.3 Å². The number of hydrogen-bond acceptors (Lipinski definition) is 5. The number of ether oxygens (including phenoxy) is 1. The lowest BCUT2D eigenvalue weighted by atomic mass is 9.52. The van der Waals surface area contributed by atoms with Gasteiger partial charge in [-0.15, -0.1) is 0 Å². The van der Waals surface area contributed by atoms with Crippen molar-refractivity contribution in [2.24, 2.45) is 11.3 Å². The van der Waals surface area contributed by atoms with Crippen molar-refractivity contribution in [3.8, 4) is 17.0 Å². The molecule has 0 atom stereocenters. The Labute approximate surface area is 251 Å². The van der Waals surface area contributed by atoms with Crippen LogP contribution in [0.2, 0.25) is 0 Å². The molecule has 0 radical (unpaired) electrons. The largest absolute Gasteiger partial charge is 0.481 e. The molecule has 4 aliphatic carbocycles. The van der Waals surface area contributed by atoms with E-state index in [1.807, 2.05) is 29.3 Å². The van der Waals surface area contributed by atoms with Gasteiger partial charge in [0.2, 0.25) is 11.8 Å². The number of hydrogen-bond donors (Lipinski definition) is 0. The van der Waals surface area contributed by atoms with Crippen LogP contribution in [0.4, 0.5) is 5.82 Å². The van der Waals surface area contributed by atoms with Crippen LogP contribution in [0.25, 0.3) is 11.1 Å². The molecule has 7 rings (SSSR count). The van der Waals surface area contributed by atoms with E-state index in [4.69, 9.17) is 9.72 Å². The third-order valence-corrected chi connectivity index (χ3v) is 10.6. The van der Waals surface area contributed by atoms with Crippen molar-refractivity contribution in [1.82, 2.24) is 19.7 Å². The van der Waals surface area contributed by atoms with Crippen LogP contribution in [0.15, 0.2) is 43.0 Å². The van der Waals surface area contributed by atoms with Crippen molar-refractivity contribution in [3.05, 3.63) is 54.1 Å². The van der Waals surface area contributed by atoms with Crippen molar-refractivity contribution >= 4 is 11.7 Å². The second-order valence-electron chi connectivity index (χ2n) is 14.3. The molecule has 0 unspecified atom stereocenters. The fourth-order valence-electron chi connectivity index (χ4n) is 7.76. The molecule has 3 aromatic heterocycles. The molecule has 7 heteroatoms. The molecule has 4 aliphatic rings. The van der Waals surface area contributed by atoms with Gasteiger partial charge in [0.1, 0.15) is 5.82 Å². The number of fused-ring (bicyclic) bond motifs is 3. The SMILES string of the molecule is COc1ncc(C23CCC(CN(C(=O)C4CCCCC4)c4cc(-c5cnn(C(C)(C)C)c5)ccn4)(CC2)CC3)cc1C. The average Bonchev–Trinajstić information content (AvgIpc) is 3.53. The molecule has 0 aliphatic heterocycles. The summed E-state index contributed by atoms with van der Waals surface area (Å²) in [7, 11) is 1.69. The fraction of sp³-hybridized carbons (Fsp3) is 0.600. The molecule has 42 heavy (non-hydrogen) atoms. The molecule has 4 fully saturated rings. The predicted octanol–water partition coefficient (Wildman–Crippen LogP) is 7.62. The van der Waals surface area contributed by atoms with Gasteiger partial charge in [0, 0.05) is 42.2 Å². The van der Waals surface area contributed by atoms with Gasteiger partial charge >= 0.3 is 0 Å². The maximum atomic E-state index is 14.3. The van der Waals surface area contributed by atoms with Gasteiger partial charge in [-0.2, -0.15) is 5.10 Å². The topological polar surface area (TPSA) is 73.1 Å². The zero-order valence-electron chi connectivity index (χ0n) is 26.2. The Morgan fingerprint density at radius 1 is 1.00 bits per heavy atom. The van der Waals surface area contributed by atoms with E-state index in [-0.39, 0.29) is 28.2 Å². The number of methoxy groups -OCH3 is 1. The summed E-state index contributed by atoms with van der Waals surface area (Å²) < 4.78 is 7.43. The van der Waals surface area contributed by atoms with Crippen molar-refractivity contribution < 1.29 is 9.53 Å². The van der Waals surface area contributed by atoms with Gasteiger partial charge in [-0.05, 0) is 119 Å². The highest BCUT2D eigenvalue weighted by molar-refractivity contribution is 5.95. The Morgan fingerprint density at radius 2 is 1.71 bits per heavy atom. The van der Waals surface area contributed by atoms with E-state index in [0.29, 0.717) is 5.88 Å². The van der Waals surface area contributed by atoms with E-state index in [9.17, 15) is 4.79 Å². The van der Waals surface area contributed by atoms with Crippen LogP contribution in [0.5, 0.6) is 5.88 Å². The Bertz CT molecular complexity index is 1410. The molecule has 0 N–H and O–H groups in total. The number of nitrogens with zero attached hydrogens (tertiary/aromatic N) is 5. The quantitative estimate of drug-likeness (QED) is 0.293. The maximum absolute atomic E-state index is 14.3. The molecular formula is C35H47N5O2. The molecule has 0 aromatic carbocycles. The minimum absolute atomic E-state index is 0.0893. The van der Waals surface area contributed by atoms with Gasteiger partial charge in [-0.25, -0.2) is 9.97 Å². The minimum atomic E-state index is -0.0893. The lowest BCUT2D eigenvalue weighted by molar-refractivity contribution is -0.124. The summed E-state index contributed by atoms with van der Waals surface area (Å²) in [5, 5.41) is 4.62. The van der Waals surface area contributed by atoms with Gasteiger partial charge in [0.15, 0.2) is 0 Å². The van der Waals surface area contributed by atoms with Crippen molar-refractivity contribution in [1.29, 1.82) is 0 Å². The van der Waals surface area contributed by atoms with Gasteiger partial charge in [0.05, 0.1) is 18.8 Å². The molecular weight excluding hydrogens is 522 g/mol. The highest BCUT2D eigenvalue weighted by atomic mass is 16.5. The normalized spacial score (nSPS) is 24.5. The lowest BCUT2D eigenvalue weighted by Gasteiger charge is -2.55. The van der Waals surface area contributed by atoms with Gasteiger partial charge in [0.25, 0.3) is 0 Å². The molecule has 3 heterocycles. The van der Waals surface area contributed by atoms with E-state index in [1.165, 1.54) is 12.0 Å². The molecule has 3 aromatic rings. The average molecular weight is 570 g/mol. The standard InChI is InChI=1S/C35H47N5O2/c1-25-19-29(22-37-31(25)42-5)35-15-12-34(13-16-35,14-17-35)24-39(32(41)26-9-7-6-8-10-26)30-20-27(11-18-36-30)28-21-38-40(23-28)33(2,3)4/h11,18-23,26H,6-10,12-17,24H2,1-5H3. The van der Waals surface area contributed by atoms with Crippen LogP contribution in [0.3, 0.4) is 0 Å². The number of pyridine rings is 2. The first-order chi connectivity index (χ1) is 20.1. The van der Waals surface area contributed by atoms with Crippen LogP contribution in [-0.2, 0) is 15.7 Å². The van der Waals surface area contributed by atoms with E-state index >= 15 is 0 Å². The number of amides is 1. The lowest BCUT2D eigenvalue weighted by Crippen LogP contribution is -2.51. The second-order valence-corrected chi connectivity index (χ2v) is 14.3. The van der Waals surface area contributed by atoms with Gasteiger partial charge < -0.3 is 4.74 Å². The summed E-state index contributed by atoms with van der Waals surface area (Å²) >= 11 is 0. The molecule has 0 spiro atoms. The summed E-state index contributed by atoms with van der Waals surface area (Å²) in [5.74, 6) is 1.88. The molecule has 4 saturated carbocycles. The van der Waals surface area contributed by atoms with E-state index in [0.717, 1.165) is 93.3 Å². The molecule has 2 bridgehead atoms. The fourth-order valence-corrected chi connectivity index (χ4v) is 7.76. The number of carbonyl (C=O) groups excluding carboxylic acids is 1. The second kappa shape index (κ2) is 11.1. The first-order valence-electron chi connectivity index (χ1n) is 16.0. The van der Waals surface area contributed by atoms with Crippen LogP contribution >= 0.6 is 0 Å². The number of aryl methyl sites for hydroxylation is 1. The molecule has 224 valence electrons. The summed E-state index contributed by atoms with van der Waals surface area (Å²) in [6.07, 6.45) is 20.3. The van der Waals surface area contributed by atoms with Gasteiger partial charge in [-0.1, -0.05) is 19.3 Å². The number of rotatable bonds is 7. The smallest absolute Gasteiger partial charge is 0.231 e. The number of anilines is 1. The van der Waals surface area contributed by atoms with Crippen LogP contribution in [0.1, 0.15) is 103 Å². The molecule has 1 amide bonds. The zero-order valence-corrected chi connectivity index (χ0v) is 26.2. The maximum Gasteiger partial charge on any atom is 0.231 e. The highest BCUT2D eigenvalue weighted by Gasteiger charge is 2.51. The Kier molecular flexibility index (Phi) is 7.65. The Balaban J connectivity index is 1.27. The molecule has 7 nitrogen and oxygen atoms in total. The predicted molar refractivity (Wildman–Crippen MR) is 167 cm³/mol. The minimum Gasteiger partial charge on any atom is -0.481 e. The van der Waals surface area contributed by atoms with Crippen molar-refractivity contribution in [2.75, 3.05) is 18.6 Å². The van der Waals surface area contributed by atoms with Crippen molar-refractivity contribution in [3.63, 3.8) is 0 Å². The zero-order chi connectivity index (χ0) is 29.5. The first-order valence-corrected chi connectivity index (χ1v) is 16.0. The third kappa shape index (κ3) is 5.47. The first kappa shape index (κ1) is 28.9. The third-order valence-electron chi connectivity index (χ3n) is 10.6. The van der Waals surface area contributed by atoms with E-state index in [2.05, 4.69) is 61.0 Å². The van der Waals surface area contributed by atoms with E-state index < -0.39 is 0 Å². The van der Waals surface area contributed by atoms with Gasteiger partial charge in [-0.3, -0.25) is 14.4 Å². The number of carbonyl (C=O) groups is 1. The van der Waals surface area contributed by atoms with Crippen LogP contribution in [-0.4, -0.2) is 39.3 Å². The summed E-state index contributed by atoms with van der Waals surface area (Å²) in [6, 6.07) is 6.44. The Hall–Kier alpha value is -3.22. The van der Waals surface area contributed by atoms with Crippen molar-refractivity contribution in [2.45, 2.75) is 109 Å². The van der Waals surface area contributed by atoms with E-state index in [1.54, 1.807) is 7.11 Å². The Morgan fingerprint density at radius 3 is 2.33 bits per heavy atom. The molecule has 0 saturated heterocycles. The summed E-state index contributed by atoms with van der Waals surface area (Å²) in [5.41, 5.74) is 4.81. The number of aromatic nitrogens is 4. The summed E-state index contributed by atoms with van der Waals surface area (Å²) in [4.78, 5) is 25.8. The monoisotopic (exact) mass is 569 g/mol.